The minimum atomic E-state index is -0.494. The molecule has 0 radical (unpaired) electrons. The molecular formula is C14H20ClNO4. The van der Waals surface area contributed by atoms with Gasteiger partial charge in [-0.3, -0.25) is 4.79 Å². The predicted octanol–water partition coefficient (Wildman–Crippen LogP) is 2.57. The molecule has 20 heavy (non-hydrogen) atoms. The zero-order valence-electron chi connectivity index (χ0n) is 11.8. The molecule has 6 heteroatoms. The Morgan fingerprint density at radius 2 is 2.00 bits per heavy atom. The quantitative estimate of drug-likeness (QED) is 0.869. The molecule has 5 nitrogen and oxygen atoms in total. The lowest BCUT2D eigenvalue weighted by Gasteiger charge is -2.21. The van der Waals surface area contributed by atoms with Gasteiger partial charge < -0.3 is 19.9 Å². The summed E-state index contributed by atoms with van der Waals surface area (Å²) in [5.74, 6) is 1.06. The van der Waals surface area contributed by atoms with Crippen LogP contribution in [0.5, 0.6) is 11.5 Å². The van der Waals surface area contributed by atoms with Crippen LogP contribution in [-0.4, -0.2) is 18.4 Å². The molecule has 1 unspecified atom stereocenters. The first kappa shape index (κ1) is 16.6. The summed E-state index contributed by atoms with van der Waals surface area (Å²) in [5, 5.41) is 0. The van der Waals surface area contributed by atoms with Crippen molar-refractivity contribution in [2.75, 3.05) is 6.79 Å². The molecule has 2 rings (SSSR count). The number of benzene rings is 1. The Morgan fingerprint density at radius 3 is 2.65 bits per heavy atom. The van der Waals surface area contributed by atoms with E-state index in [0.717, 1.165) is 5.56 Å². The van der Waals surface area contributed by atoms with Gasteiger partial charge >= 0.3 is 5.97 Å². The third kappa shape index (κ3) is 4.28. The Kier molecular flexibility index (Phi) is 5.25. The van der Waals surface area contributed by atoms with Crippen LogP contribution in [0.15, 0.2) is 18.2 Å². The van der Waals surface area contributed by atoms with Gasteiger partial charge in [0.15, 0.2) is 11.5 Å². The minimum absolute atomic E-state index is 0. The third-order valence-electron chi connectivity index (χ3n) is 2.63. The highest BCUT2D eigenvalue weighted by Gasteiger charge is 2.21. The van der Waals surface area contributed by atoms with Crippen LogP contribution in [0.2, 0.25) is 0 Å². The van der Waals surface area contributed by atoms with Crippen molar-refractivity contribution in [3.8, 4) is 11.5 Å². The van der Waals surface area contributed by atoms with Crippen molar-refractivity contribution in [1.29, 1.82) is 0 Å². The lowest BCUT2D eigenvalue weighted by atomic mass is 10.0. The monoisotopic (exact) mass is 301 g/mol. The first-order valence-electron chi connectivity index (χ1n) is 6.22. The average Bonchev–Trinajstić information content (AvgIpc) is 2.72. The van der Waals surface area contributed by atoms with E-state index in [0.29, 0.717) is 11.5 Å². The molecule has 0 bridgehead atoms. The van der Waals surface area contributed by atoms with Gasteiger partial charge in [-0.25, -0.2) is 0 Å². The fourth-order valence-electron chi connectivity index (χ4n) is 1.82. The molecule has 112 valence electrons. The Labute approximate surface area is 124 Å². The maximum Gasteiger partial charge on any atom is 0.308 e. The van der Waals surface area contributed by atoms with Crippen LogP contribution >= 0.6 is 12.4 Å². The van der Waals surface area contributed by atoms with Crippen LogP contribution in [0.4, 0.5) is 0 Å². The maximum atomic E-state index is 11.7. The number of esters is 1. The van der Waals surface area contributed by atoms with E-state index in [-0.39, 0.29) is 31.6 Å². The number of hydrogen-bond acceptors (Lipinski definition) is 5. The average molecular weight is 302 g/mol. The first-order valence-corrected chi connectivity index (χ1v) is 6.22. The van der Waals surface area contributed by atoms with Crippen molar-refractivity contribution < 1.29 is 19.0 Å². The Morgan fingerprint density at radius 1 is 1.35 bits per heavy atom. The predicted molar refractivity (Wildman–Crippen MR) is 77.2 cm³/mol. The summed E-state index contributed by atoms with van der Waals surface area (Å²) in [7, 11) is 0. The van der Waals surface area contributed by atoms with E-state index in [2.05, 4.69) is 0 Å². The van der Waals surface area contributed by atoms with Crippen LogP contribution in [-0.2, 0) is 9.53 Å². The van der Waals surface area contributed by atoms with E-state index in [1.165, 1.54) is 0 Å². The molecule has 1 heterocycles. The van der Waals surface area contributed by atoms with Crippen molar-refractivity contribution in [1.82, 2.24) is 0 Å². The molecular weight excluding hydrogens is 282 g/mol. The van der Waals surface area contributed by atoms with E-state index in [9.17, 15) is 4.79 Å². The number of nitrogens with two attached hydrogens (primary N) is 1. The van der Waals surface area contributed by atoms with Crippen molar-refractivity contribution in [3.63, 3.8) is 0 Å². The van der Waals surface area contributed by atoms with Gasteiger partial charge in [0, 0.05) is 6.04 Å². The van der Waals surface area contributed by atoms with E-state index >= 15 is 0 Å². The SMILES string of the molecule is CC(C)(C)OC(=O)CC(N)c1ccc2c(c1)OCO2.Cl. The molecule has 1 aliphatic heterocycles. The van der Waals surface area contributed by atoms with Gasteiger partial charge in [0.2, 0.25) is 6.79 Å². The lowest BCUT2D eigenvalue weighted by molar-refractivity contribution is -0.155. The second-order valence-electron chi connectivity index (χ2n) is 5.51. The molecule has 0 spiro atoms. The number of carbonyl (C=O) groups excluding carboxylic acids is 1. The number of ether oxygens (including phenoxy) is 3. The second-order valence-corrected chi connectivity index (χ2v) is 5.51. The van der Waals surface area contributed by atoms with E-state index in [4.69, 9.17) is 19.9 Å². The molecule has 2 N–H and O–H groups in total. The van der Waals surface area contributed by atoms with Crippen LogP contribution in [0.3, 0.4) is 0 Å². The Hall–Kier alpha value is -1.46. The zero-order valence-corrected chi connectivity index (χ0v) is 12.7. The molecule has 0 amide bonds. The highest BCUT2D eigenvalue weighted by atomic mass is 35.5. The first-order chi connectivity index (χ1) is 8.85. The van der Waals surface area contributed by atoms with E-state index in [1.54, 1.807) is 12.1 Å². The number of carbonyl (C=O) groups is 1. The van der Waals surface area contributed by atoms with Crippen molar-refractivity contribution >= 4 is 18.4 Å². The molecule has 1 aromatic rings. The summed E-state index contributed by atoms with van der Waals surface area (Å²) >= 11 is 0. The molecule has 0 fully saturated rings. The Balaban J connectivity index is 0.00000200. The van der Waals surface area contributed by atoms with Crippen molar-refractivity contribution in [2.24, 2.45) is 5.73 Å². The van der Waals surface area contributed by atoms with Gasteiger partial charge in [0.05, 0.1) is 6.42 Å². The molecule has 0 aliphatic carbocycles. The van der Waals surface area contributed by atoms with Gasteiger partial charge in [-0.2, -0.15) is 0 Å². The van der Waals surface area contributed by atoms with Gasteiger partial charge in [0.25, 0.3) is 0 Å². The minimum Gasteiger partial charge on any atom is -0.460 e. The smallest absolute Gasteiger partial charge is 0.308 e. The van der Waals surface area contributed by atoms with E-state index in [1.807, 2.05) is 26.8 Å². The number of hydrogen-bond donors (Lipinski definition) is 1. The number of halogens is 1. The largest absolute Gasteiger partial charge is 0.460 e. The highest BCUT2D eigenvalue weighted by Crippen LogP contribution is 2.34. The topological polar surface area (TPSA) is 70.8 Å². The maximum absolute atomic E-state index is 11.7. The fraction of sp³-hybridized carbons (Fsp3) is 0.500. The normalized spacial score (nSPS) is 14.4. The Bertz CT molecular complexity index is 485. The third-order valence-corrected chi connectivity index (χ3v) is 2.63. The summed E-state index contributed by atoms with van der Waals surface area (Å²) in [6.45, 7) is 5.71. The number of rotatable bonds is 3. The van der Waals surface area contributed by atoms with E-state index < -0.39 is 11.6 Å². The summed E-state index contributed by atoms with van der Waals surface area (Å²) in [6, 6.07) is 5.02. The molecule has 0 saturated heterocycles. The molecule has 1 aliphatic rings. The highest BCUT2D eigenvalue weighted by molar-refractivity contribution is 5.85. The number of fused-ring (bicyclic) bond motifs is 1. The summed E-state index contributed by atoms with van der Waals surface area (Å²) in [5.41, 5.74) is 6.35. The standard InChI is InChI=1S/C14H19NO4.ClH/c1-14(2,3)19-13(16)7-10(15)9-4-5-11-12(6-9)18-8-17-11;/h4-6,10H,7-8,15H2,1-3H3;1H. The molecule has 1 aromatic carbocycles. The van der Waals surface area contributed by atoms with Crippen LogP contribution in [0.1, 0.15) is 38.8 Å². The lowest BCUT2D eigenvalue weighted by Crippen LogP contribution is -2.26. The van der Waals surface area contributed by atoms with Crippen LogP contribution in [0.25, 0.3) is 0 Å². The molecule has 1 atom stereocenters. The summed E-state index contributed by atoms with van der Waals surface area (Å²) < 4.78 is 15.8. The molecule has 0 saturated carbocycles. The summed E-state index contributed by atoms with van der Waals surface area (Å²) in [4.78, 5) is 11.7. The van der Waals surface area contributed by atoms with Crippen LogP contribution in [0, 0.1) is 0 Å². The zero-order chi connectivity index (χ0) is 14.0. The summed E-state index contributed by atoms with van der Waals surface area (Å²) in [6.07, 6.45) is 0.136. The van der Waals surface area contributed by atoms with Crippen LogP contribution < -0.4 is 15.2 Å². The van der Waals surface area contributed by atoms with Crippen molar-refractivity contribution in [3.05, 3.63) is 23.8 Å². The van der Waals surface area contributed by atoms with Gasteiger partial charge in [-0.05, 0) is 38.5 Å². The molecule has 0 aromatic heterocycles. The fourth-order valence-corrected chi connectivity index (χ4v) is 1.82. The van der Waals surface area contributed by atoms with Gasteiger partial charge in [0.1, 0.15) is 5.60 Å². The van der Waals surface area contributed by atoms with Gasteiger partial charge in [-0.1, -0.05) is 6.07 Å². The second kappa shape index (κ2) is 6.33. The van der Waals surface area contributed by atoms with Crippen molar-refractivity contribution in [2.45, 2.75) is 38.8 Å². The van der Waals surface area contributed by atoms with Gasteiger partial charge in [-0.15, -0.1) is 12.4 Å².